The SMILES string of the molecule is C[C@H]1CCc2c(sc(NC(=O)c3ccc(Cl)c(Cl)c3)c2C#N)C1. The number of carbonyl (C=O) groups excluding carboxylic acids is 1. The van der Waals surface area contributed by atoms with Crippen molar-refractivity contribution in [2.24, 2.45) is 5.92 Å². The quantitative estimate of drug-likeness (QED) is 0.785. The molecule has 0 spiro atoms. The molecule has 0 bridgehead atoms. The Hall–Kier alpha value is -1.54. The highest BCUT2D eigenvalue weighted by molar-refractivity contribution is 7.16. The number of nitrogens with zero attached hydrogens (tertiary/aromatic N) is 1. The van der Waals surface area contributed by atoms with Gasteiger partial charge in [-0.05, 0) is 48.9 Å². The summed E-state index contributed by atoms with van der Waals surface area (Å²) in [4.78, 5) is 13.6. The van der Waals surface area contributed by atoms with E-state index in [4.69, 9.17) is 23.2 Å². The van der Waals surface area contributed by atoms with Crippen LogP contribution in [0.25, 0.3) is 0 Å². The second-order valence-electron chi connectivity index (χ2n) is 5.75. The van der Waals surface area contributed by atoms with Crippen LogP contribution < -0.4 is 5.32 Å². The lowest BCUT2D eigenvalue weighted by Gasteiger charge is -2.17. The molecule has 0 saturated carbocycles. The molecule has 0 aliphatic heterocycles. The van der Waals surface area contributed by atoms with Crippen molar-refractivity contribution < 1.29 is 4.79 Å². The molecule has 1 atom stereocenters. The van der Waals surface area contributed by atoms with Gasteiger partial charge in [-0.1, -0.05) is 30.1 Å². The molecule has 1 amide bonds. The Morgan fingerprint density at radius 3 is 2.87 bits per heavy atom. The summed E-state index contributed by atoms with van der Waals surface area (Å²) >= 11 is 13.3. The topological polar surface area (TPSA) is 52.9 Å². The highest BCUT2D eigenvalue weighted by Crippen LogP contribution is 2.39. The number of rotatable bonds is 2. The van der Waals surface area contributed by atoms with E-state index in [-0.39, 0.29) is 5.91 Å². The predicted molar refractivity (Wildman–Crippen MR) is 94.6 cm³/mol. The number of hydrogen-bond acceptors (Lipinski definition) is 3. The van der Waals surface area contributed by atoms with Gasteiger partial charge < -0.3 is 5.32 Å². The van der Waals surface area contributed by atoms with E-state index < -0.39 is 0 Å². The molecule has 2 aromatic rings. The van der Waals surface area contributed by atoms with Gasteiger partial charge >= 0.3 is 0 Å². The highest BCUT2D eigenvalue weighted by atomic mass is 35.5. The van der Waals surface area contributed by atoms with Crippen LogP contribution in [0.3, 0.4) is 0 Å². The molecule has 3 rings (SSSR count). The average molecular weight is 365 g/mol. The molecule has 23 heavy (non-hydrogen) atoms. The lowest BCUT2D eigenvalue weighted by Crippen LogP contribution is -2.12. The van der Waals surface area contributed by atoms with Gasteiger partial charge in [0, 0.05) is 10.4 Å². The number of amides is 1. The number of halogens is 2. The summed E-state index contributed by atoms with van der Waals surface area (Å²) in [5, 5.41) is 13.7. The van der Waals surface area contributed by atoms with Crippen LogP contribution in [-0.2, 0) is 12.8 Å². The Morgan fingerprint density at radius 2 is 2.17 bits per heavy atom. The first-order chi connectivity index (χ1) is 11.0. The molecular weight excluding hydrogens is 351 g/mol. The molecular formula is C17H14Cl2N2OS. The average Bonchev–Trinajstić information content (AvgIpc) is 2.85. The summed E-state index contributed by atoms with van der Waals surface area (Å²) in [5.74, 6) is 0.332. The van der Waals surface area contributed by atoms with Crippen LogP contribution in [-0.4, -0.2) is 5.91 Å². The Morgan fingerprint density at radius 1 is 1.39 bits per heavy atom. The zero-order valence-electron chi connectivity index (χ0n) is 12.5. The van der Waals surface area contributed by atoms with E-state index >= 15 is 0 Å². The maximum atomic E-state index is 12.4. The predicted octanol–water partition coefficient (Wildman–Crippen LogP) is 5.30. The minimum Gasteiger partial charge on any atom is -0.312 e. The van der Waals surface area contributed by atoms with E-state index in [2.05, 4.69) is 18.3 Å². The molecule has 0 unspecified atom stereocenters. The smallest absolute Gasteiger partial charge is 0.256 e. The molecule has 0 saturated heterocycles. The van der Waals surface area contributed by atoms with Gasteiger partial charge in [0.1, 0.15) is 11.1 Å². The largest absolute Gasteiger partial charge is 0.312 e. The molecule has 1 N–H and O–H groups in total. The number of benzene rings is 1. The summed E-state index contributed by atoms with van der Waals surface area (Å²) in [7, 11) is 0. The second-order valence-corrected chi connectivity index (χ2v) is 7.67. The fourth-order valence-corrected chi connectivity index (χ4v) is 4.42. The lowest BCUT2D eigenvalue weighted by atomic mass is 9.88. The minimum absolute atomic E-state index is 0.285. The molecule has 3 nitrogen and oxygen atoms in total. The number of nitrogens with one attached hydrogen (secondary N) is 1. The minimum atomic E-state index is -0.285. The van der Waals surface area contributed by atoms with Crippen molar-refractivity contribution in [1.82, 2.24) is 0 Å². The first-order valence-corrected chi connectivity index (χ1v) is 8.88. The number of carbonyl (C=O) groups is 1. The van der Waals surface area contributed by atoms with Crippen LogP contribution >= 0.6 is 34.5 Å². The Balaban J connectivity index is 1.89. The van der Waals surface area contributed by atoms with Crippen molar-refractivity contribution in [1.29, 1.82) is 5.26 Å². The first kappa shape index (κ1) is 16.3. The summed E-state index contributed by atoms with van der Waals surface area (Å²) in [6.07, 6.45) is 2.95. The van der Waals surface area contributed by atoms with Gasteiger partial charge in [-0.3, -0.25) is 4.79 Å². The summed E-state index contributed by atoms with van der Waals surface area (Å²) in [6, 6.07) is 6.98. The molecule has 1 aromatic heterocycles. The van der Waals surface area contributed by atoms with Gasteiger partial charge in [0.2, 0.25) is 0 Å². The van der Waals surface area contributed by atoms with Gasteiger partial charge in [0.15, 0.2) is 0 Å². The Bertz CT molecular complexity index is 823. The van der Waals surface area contributed by atoms with Crippen LogP contribution in [0.4, 0.5) is 5.00 Å². The van der Waals surface area contributed by atoms with Crippen LogP contribution in [0, 0.1) is 17.2 Å². The molecule has 118 valence electrons. The highest BCUT2D eigenvalue weighted by Gasteiger charge is 2.24. The van der Waals surface area contributed by atoms with Crippen molar-refractivity contribution in [3.05, 3.63) is 49.8 Å². The third-order valence-electron chi connectivity index (χ3n) is 4.03. The van der Waals surface area contributed by atoms with Crippen molar-refractivity contribution in [2.75, 3.05) is 5.32 Å². The van der Waals surface area contributed by atoms with Crippen molar-refractivity contribution in [2.45, 2.75) is 26.2 Å². The van der Waals surface area contributed by atoms with Gasteiger partial charge in [0.05, 0.1) is 15.6 Å². The van der Waals surface area contributed by atoms with E-state index in [9.17, 15) is 10.1 Å². The van der Waals surface area contributed by atoms with Gasteiger partial charge in [-0.15, -0.1) is 11.3 Å². The summed E-state index contributed by atoms with van der Waals surface area (Å²) in [6.45, 7) is 2.21. The van der Waals surface area contributed by atoms with Crippen molar-refractivity contribution in [3.8, 4) is 6.07 Å². The van der Waals surface area contributed by atoms with Gasteiger partial charge in [-0.2, -0.15) is 5.26 Å². The lowest BCUT2D eigenvalue weighted by molar-refractivity contribution is 0.102. The van der Waals surface area contributed by atoms with Gasteiger partial charge in [0.25, 0.3) is 5.91 Å². The number of nitriles is 1. The third-order valence-corrected chi connectivity index (χ3v) is 5.94. The van der Waals surface area contributed by atoms with Crippen LogP contribution in [0.5, 0.6) is 0 Å². The molecule has 1 heterocycles. The fraction of sp³-hybridized carbons (Fsp3) is 0.294. The standard InChI is InChI=1S/C17H14Cl2N2OS/c1-9-2-4-11-12(8-20)17(23-15(11)6-9)21-16(22)10-3-5-13(18)14(19)7-10/h3,5,7,9H,2,4,6H2,1H3,(H,21,22)/t9-/m0/s1. The zero-order chi connectivity index (χ0) is 16.6. The van der Waals surface area contributed by atoms with E-state index in [1.807, 2.05) is 0 Å². The van der Waals surface area contributed by atoms with Crippen molar-refractivity contribution in [3.63, 3.8) is 0 Å². The Labute approximate surface area is 148 Å². The van der Waals surface area contributed by atoms with E-state index in [0.29, 0.717) is 32.1 Å². The Kier molecular flexibility index (Phi) is 4.63. The molecule has 6 heteroatoms. The molecule has 0 radical (unpaired) electrons. The summed E-state index contributed by atoms with van der Waals surface area (Å²) < 4.78 is 0. The van der Waals surface area contributed by atoms with E-state index in [0.717, 1.165) is 24.8 Å². The maximum absolute atomic E-state index is 12.4. The van der Waals surface area contributed by atoms with Crippen molar-refractivity contribution >= 4 is 45.4 Å². The zero-order valence-corrected chi connectivity index (χ0v) is 14.8. The third kappa shape index (κ3) is 3.23. The van der Waals surface area contributed by atoms with E-state index in [1.165, 1.54) is 22.3 Å². The fourth-order valence-electron chi connectivity index (χ4n) is 2.77. The van der Waals surface area contributed by atoms with Crippen LogP contribution in [0.15, 0.2) is 18.2 Å². The second kappa shape index (κ2) is 6.52. The number of thiophene rings is 1. The maximum Gasteiger partial charge on any atom is 0.256 e. The van der Waals surface area contributed by atoms with E-state index in [1.54, 1.807) is 12.1 Å². The molecule has 1 aliphatic carbocycles. The normalized spacial score (nSPS) is 16.5. The molecule has 0 fully saturated rings. The summed E-state index contributed by atoms with van der Waals surface area (Å²) in [5.41, 5.74) is 2.12. The number of hydrogen-bond donors (Lipinski definition) is 1. The van der Waals surface area contributed by atoms with Gasteiger partial charge in [-0.25, -0.2) is 0 Å². The first-order valence-electron chi connectivity index (χ1n) is 7.30. The number of anilines is 1. The molecule has 1 aliphatic rings. The van der Waals surface area contributed by atoms with Crippen LogP contribution in [0.2, 0.25) is 10.0 Å². The van der Waals surface area contributed by atoms with Crippen LogP contribution in [0.1, 0.15) is 39.7 Å². The molecule has 1 aromatic carbocycles. The monoisotopic (exact) mass is 364 g/mol. The number of fused-ring (bicyclic) bond motifs is 1.